The van der Waals surface area contributed by atoms with Crippen molar-refractivity contribution in [1.29, 1.82) is 0 Å². The molecule has 0 saturated heterocycles. The van der Waals surface area contributed by atoms with Crippen molar-refractivity contribution < 1.29 is 0 Å². The molecule has 0 fully saturated rings. The second-order valence-corrected chi connectivity index (χ2v) is 4.44. The largest absolute Gasteiger partial charge is 0.298 e. The van der Waals surface area contributed by atoms with Gasteiger partial charge in [0, 0.05) is 18.6 Å². The van der Waals surface area contributed by atoms with Crippen molar-refractivity contribution in [3.05, 3.63) is 0 Å². The van der Waals surface area contributed by atoms with Gasteiger partial charge in [-0.3, -0.25) is 4.90 Å². The third kappa shape index (κ3) is 4.10. The first-order valence-electron chi connectivity index (χ1n) is 5.24. The topological polar surface area (TPSA) is 3.24 Å². The Morgan fingerprint density at radius 3 is 1.75 bits per heavy atom. The SMILES string of the molecule is CCC(C)N(CC(C)C)C(C)C. The summed E-state index contributed by atoms with van der Waals surface area (Å²) in [6, 6.07) is 1.41. The average Bonchev–Trinajstić information content (AvgIpc) is 1.98. The van der Waals surface area contributed by atoms with Gasteiger partial charge >= 0.3 is 0 Å². The molecule has 1 atom stereocenters. The lowest BCUT2D eigenvalue weighted by Gasteiger charge is -2.33. The summed E-state index contributed by atoms with van der Waals surface area (Å²) >= 11 is 0. The zero-order valence-electron chi connectivity index (χ0n) is 9.59. The van der Waals surface area contributed by atoms with E-state index in [0.29, 0.717) is 6.04 Å². The van der Waals surface area contributed by atoms with E-state index in [2.05, 4.69) is 46.4 Å². The fourth-order valence-corrected chi connectivity index (χ4v) is 1.56. The molecule has 0 aliphatic rings. The van der Waals surface area contributed by atoms with Crippen LogP contribution in [0.4, 0.5) is 0 Å². The van der Waals surface area contributed by atoms with Crippen molar-refractivity contribution in [1.82, 2.24) is 4.90 Å². The predicted octanol–water partition coefficient (Wildman–Crippen LogP) is 3.15. The molecule has 0 aliphatic carbocycles. The fraction of sp³-hybridized carbons (Fsp3) is 1.00. The van der Waals surface area contributed by atoms with Gasteiger partial charge in [-0.05, 0) is 33.1 Å². The number of nitrogens with zero attached hydrogens (tertiary/aromatic N) is 1. The van der Waals surface area contributed by atoms with Crippen LogP contribution in [0, 0.1) is 5.92 Å². The quantitative estimate of drug-likeness (QED) is 0.614. The highest BCUT2D eigenvalue weighted by Crippen LogP contribution is 2.11. The van der Waals surface area contributed by atoms with Crippen molar-refractivity contribution in [2.75, 3.05) is 6.54 Å². The molecule has 1 heteroatoms. The minimum absolute atomic E-state index is 0.683. The maximum absolute atomic E-state index is 2.59. The van der Waals surface area contributed by atoms with Gasteiger partial charge in [-0.15, -0.1) is 0 Å². The molecule has 0 N–H and O–H groups in total. The number of hydrogen-bond donors (Lipinski definition) is 0. The van der Waals surface area contributed by atoms with E-state index >= 15 is 0 Å². The monoisotopic (exact) mass is 171 g/mol. The summed E-state index contributed by atoms with van der Waals surface area (Å²) in [5.74, 6) is 0.779. The molecule has 74 valence electrons. The average molecular weight is 171 g/mol. The predicted molar refractivity (Wildman–Crippen MR) is 56.4 cm³/mol. The Morgan fingerprint density at radius 1 is 1.00 bits per heavy atom. The highest BCUT2D eigenvalue weighted by Gasteiger charge is 2.15. The normalized spacial score (nSPS) is 14.8. The Bertz CT molecular complexity index is 108. The van der Waals surface area contributed by atoms with Crippen LogP contribution < -0.4 is 0 Å². The van der Waals surface area contributed by atoms with Crippen molar-refractivity contribution in [3.63, 3.8) is 0 Å². The van der Waals surface area contributed by atoms with E-state index in [1.54, 1.807) is 0 Å². The van der Waals surface area contributed by atoms with E-state index in [-0.39, 0.29) is 0 Å². The van der Waals surface area contributed by atoms with Gasteiger partial charge in [0.05, 0.1) is 0 Å². The van der Waals surface area contributed by atoms with Crippen LogP contribution in [0.15, 0.2) is 0 Å². The smallest absolute Gasteiger partial charge is 0.00671 e. The van der Waals surface area contributed by atoms with Gasteiger partial charge in [0.25, 0.3) is 0 Å². The van der Waals surface area contributed by atoms with Gasteiger partial charge < -0.3 is 0 Å². The molecule has 0 rings (SSSR count). The lowest BCUT2D eigenvalue weighted by Crippen LogP contribution is -2.40. The summed E-state index contributed by atoms with van der Waals surface area (Å²) in [5, 5.41) is 0. The molecule has 0 heterocycles. The molecule has 0 spiro atoms. The van der Waals surface area contributed by atoms with Gasteiger partial charge in [0.2, 0.25) is 0 Å². The highest BCUT2D eigenvalue weighted by molar-refractivity contribution is 4.70. The molecule has 0 aromatic carbocycles. The van der Waals surface area contributed by atoms with E-state index in [1.165, 1.54) is 13.0 Å². The molecule has 0 saturated carbocycles. The Hall–Kier alpha value is -0.0400. The summed E-state index contributed by atoms with van der Waals surface area (Å²) < 4.78 is 0. The summed E-state index contributed by atoms with van der Waals surface area (Å²) in [4.78, 5) is 2.59. The lowest BCUT2D eigenvalue weighted by atomic mass is 10.1. The van der Waals surface area contributed by atoms with Crippen LogP contribution in [0.25, 0.3) is 0 Å². The van der Waals surface area contributed by atoms with Crippen molar-refractivity contribution >= 4 is 0 Å². The first-order valence-corrected chi connectivity index (χ1v) is 5.24. The fourth-order valence-electron chi connectivity index (χ4n) is 1.56. The zero-order chi connectivity index (χ0) is 9.72. The van der Waals surface area contributed by atoms with E-state index < -0.39 is 0 Å². The lowest BCUT2D eigenvalue weighted by molar-refractivity contribution is 0.141. The number of hydrogen-bond acceptors (Lipinski definition) is 1. The second-order valence-electron chi connectivity index (χ2n) is 4.44. The zero-order valence-corrected chi connectivity index (χ0v) is 9.59. The van der Waals surface area contributed by atoms with Crippen LogP contribution in [0.1, 0.15) is 48.0 Å². The van der Waals surface area contributed by atoms with Crippen molar-refractivity contribution in [2.24, 2.45) is 5.92 Å². The highest BCUT2D eigenvalue weighted by atomic mass is 15.2. The Labute approximate surface area is 78.1 Å². The molecule has 0 bridgehead atoms. The van der Waals surface area contributed by atoms with Crippen LogP contribution in [0.5, 0.6) is 0 Å². The minimum atomic E-state index is 0.683. The van der Waals surface area contributed by atoms with E-state index in [1.807, 2.05) is 0 Å². The van der Waals surface area contributed by atoms with Crippen LogP contribution in [-0.4, -0.2) is 23.5 Å². The van der Waals surface area contributed by atoms with Crippen LogP contribution in [0.2, 0.25) is 0 Å². The molecule has 0 amide bonds. The van der Waals surface area contributed by atoms with Gasteiger partial charge in [-0.1, -0.05) is 20.8 Å². The Morgan fingerprint density at radius 2 is 1.50 bits per heavy atom. The van der Waals surface area contributed by atoms with Crippen LogP contribution >= 0.6 is 0 Å². The third-order valence-electron chi connectivity index (χ3n) is 2.40. The third-order valence-corrected chi connectivity index (χ3v) is 2.40. The van der Waals surface area contributed by atoms with Gasteiger partial charge in [0.1, 0.15) is 0 Å². The summed E-state index contributed by atoms with van der Waals surface area (Å²) in [5.41, 5.74) is 0. The maximum Gasteiger partial charge on any atom is 0.00671 e. The summed E-state index contributed by atoms with van der Waals surface area (Å²) in [6.45, 7) is 15.0. The summed E-state index contributed by atoms with van der Waals surface area (Å²) in [7, 11) is 0. The van der Waals surface area contributed by atoms with Gasteiger partial charge in [-0.2, -0.15) is 0 Å². The molecular formula is C11H25N. The molecule has 0 aromatic heterocycles. The van der Waals surface area contributed by atoms with Crippen LogP contribution in [-0.2, 0) is 0 Å². The van der Waals surface area contributed by atoms with Gasteiger partial charge in [-0.25, -0.2) is 0 Å². The minimum Gasteiger partial charge on any atom is -0.298 e. The molecule has 12 heavy (non-hydrogen) atoms. The molecule has 0 aliphatic heterocycles. The van der Waals surface area contributed by atoms with Gasteiger partial charge in [0.15, 0.2) is 0 Å². The molecule has 0 radical (unpaired) electrons. The maximum atomic E-state index is 2.59. The Kier molecular flexibility index (Phi) is 5.56. The molecule has 0 aromatic rings. The number of rotatable bonds is 5. The summed E-state index contributed by atoms with van der Waals surface area (Å²) in [6.07, 6.45) is 1.25. The molecular weight excluding hydrogens is 146 g/mol. The van der Waals surface area contributed by atoms with E-state index in [4.69, 9.17) is 0 Å². The van der Waals surface area contributed by atoms with E-state index in [9.17, 15) is 0 Å². The second kappa shape index (κ2) is 5.58. The van der Waals surface area contributed by atoms with Crippen LogP contribution in [0.3, 0.4) is 0 Å². The molecule has 1 unspecified atom stereocenters. The first kappa shape index (κ1) is 12.0. The van der Waals surface area contributed by atoms with E-state index in [0.717, 1.165) is 12.0 Å². The van der Waals surface area contributed by atoms with Crippen molar-refractivity contribution in [3.8, 4) is 0 Å². The molecule has 1 nitrogen and oxygen atoms in total. The first-order chi connectivity index (χ1) is 5.49. The standard InChI is InChI=1S/C11H25N/c1-7-11(6)12(10(4)5)8-9(2)3/h9-11H,7-8H2,1-6H3. The Balaban J connectivity index is 4.03. The van der Waals surface area contributed by atoms with Crippen molar-refractivity contribution in [2.45, 2.75) is 60.0 Å².